The predicted octanol–water partition coefficient (Wildman–Crippen LogP) is 5.09. The van der Waals surface area contributed by atoms with Gasteiger partial charge in [0, 0.05) is 5.69 Å². The van der Waals surface area contributed by atoms with Crippen molar-refractivity contribution >= 4 is 49.3 Å². The molecule has 0 radical (unpaired) electrons. The molecule has 0 aliphatic rings. The topological polar surface area (TPSA) is 98.3 Å². The van der Waals surface area contributed by atoms with Crippen molar-refractivity contribution in [3.05, 3.63) is 53.8 Å². The Labute approximate surface area is 138 Å². The van der Waals surface area contributed by atoms with Gasteiger partial charge in [-0.25, -0.2) is 0 Å². The van der Waals surface area contributed by atoms with E-state index in [4.69, 9.17) is 0 Å². The van der Waals surface area contributed by atoms with Gasteiger partial charge >= 0.3 is 17.6 Å². The highest BCUT2D eigenvalue weighted by molar-refractivity contribution is 9.11. The van der Waals surface area contributed by atoms with Crippen molar-refractivity contribution in [3.8, 4) is 0 Å². The van der Waals surface area contributed by atoms with Crippen LogP contribution in [0.1, 0.15) is 5.56 Å². The Morgan fingerprint density at radius 2 is 1.57 bits per heavy atom. The van der Waals surface area contributed by atoms with Crippen LogP contribution < -0.4 is 5.32 Å². The molecule has 0 aliphatic carbocycles. The molecular weight excluding hydrogens is 407 g/mol. The summed E-state index contributed by atoms with van der Waals surface area (Å²) in [6.45, 7) is 0. The van der Waals surface area contributed by atoms with E-state index in [1.807, 2.05) is 0 Å². The maximum absolute atomic E-state index is 12.5. The number of nitrogens with zero attached hydrogens (tertiary/aromatic N) is 2. The van der Waals surface area contributed by atoms with Crippen LogP contribution in [0.15, 0.2) is 28.1 Å². The first-order valence-electron chi connectivity index (χ1n) is 5.66. The van der Waals surface area contributed by atoms with Crippen LogP contribution in [0.2, 0.25) is 0 Å². The molecule has 0 aliphatic heterocycles. The summed E-state index contributed by atoms with van der Waals surface area (Å²) < 4.78 is 37.4. The molecule has 2 rings (SSSR count). The molecule has 0 fully saturated rings. The molecule has 0 bridgehead atoms. The van der Waals surface area contributed by atoms with E-state index in [0.717, 1.165) is 24.3 Å². The molecule has 2 aromatic rings. The normalized spacial score (nSPS) is 11.3. The van der Waals surface area contributed by atoms with Crippen molar-refractivity contribution in [3.63, 3.8) is 0 Å². The molecule has 7 nitrogen and oxygen atoms in total. The predicted molar refractivity (Wildman–Crippen MR) is 80.1 cm³/mol. The van der Waals surface area contributed by atoms with E-state index in [1.165, 1.54) is 0 Å². The zero-order chi connectivity index (χ0) is 17.4. The molecule has 1 aromatic heterocycles. The highest BCUT2D eigenvalue weighted by Gasteiger charge is 2.36. The van der Waals surface area contributed by atoms with Gasteiger partial charge in [0.1, 0.15) is 0 Å². The lowest BCUT2D eigenvalue weighted by atomic mass is 10.2. The van der Waals surface area contributed by atoms with Gasteiger partial charge in [-0.2, -0.15) is 13.2 Å². The van der Waals surface area contributed by atoms with Gasteiger partial charge in [-0.15, -0.1) is 0 Å². The number of anilines is 2. The van der Waals surface area contributed by atoms with Crippen molar-refractivity contribution in [1.29, 1.82) is 0 Å². The molecular formula is C11H5BrF3N3O4S. The van der Waals surface area contributed by atoms with Crippen molar-refractivity contribution in [2.24, 2.45) is 0 Å². The van der Waals surface area contributed by atoms with E-state index in [9.17, 15) is 33.4 Å². The third kappa shape index (κ3) is 3.59. The van der Waals surface area contributed by atoms with E-state index in [-0.39, 0.29) is 14.5 Å². The Bertz CT molecular complexity index is 776. The fourth-order valence-corrected chi connectivity index (χ4v) is 3.37. The standard InChI is InChI=1S/C11H5BrF3N3O4S/c12-9-7(17(19)20)8(18(21)22)10(23-9)16-6-3-1-5(2-4-6)11(13,14)15/h1-4,16H. The minimum absolute atomic E-state index is 0.0661. The Kier molecular flexibility index (Phi) is 4.56. The number of hydrogen-bond acceptors (Lipinski definition) is 6. The number of benzene rings is 1. The van der Waals surface area contributed by atoms with Crippen LogP contribution in [0.5, 0.6) is 0 Å². The van der Waals surface area contributed by atoms with Crippen LogP contribution in [0.4, 0.5) is 35.2 Å². The summed E-state index contributed by atoms with van der Waals surface area (Å²) in [7, 11) is 0. The zero-order valence-corrected chi connectivity index (χ0v) is 13.2. The minimum atomic E-state index is -4.50. The fraction of sp³-hybridized carbons (Fsp3) is 0.0909. The van der Waals surface area contributed by atoms with Crippen LogP contribution in [0.3, 0.4) is 0 Å². The molecule has 0 spiro atoms. The van der Waals surface area contributed by atoms with Gasteiger partial charge in [0.05, 0.1) is 15.4 Å². The Hall–Kier alpha value is -2.21. The Balaban J connectivity index is 2.39. The zero-order valence-electron chi connectivity index (χ0n) is 10.8. The maximum atomic E-state index is 12.5. The van der Waals surface area contributed by atoms with Gasteiger partial charge in [-0.3, -0.25) is 20.2 Å². The second-order valence-corrected chi connectivity index (χ2v) is 6.45. The molecule has 0 saturated heterocycles. The third-order valence-electron chi connectivity index (χ3n) is 2.65. The number of thiophene rings is 1. The molecule has 0 atom stereocenters. The van der Waals surface area contributed by atoms with E-state index >= 15 is 0 Å². The second-order valence-electron chi connectivity index (χ2n) is 4.12. The molecule has 0 saturated carbocycles. The quantitative estimate of drug-likeness (QED) is 0.557. The van der Waals surface area contributed by atoms with Gasteiger partial charge in [0.25, 0.3) is 0 Å². The number of halogens is 4. The second kappa shape index (κ2) is 6.12. The lowest BCUT2D eigenvalue weighted by Crippen LogP contribution is -2.04. The SMILES string of the molecule is O=[N+]([O-])c1c(Br)sc(Nc2ccc(C(F)(F)F)cc2)c1[N+](=O)[O-]. The van der Waals surface area contributed by atoms with Crippen LogP contribution >= 0.6 is 27.3 Å². The van der Waals surface area contributed by atoms with E-state index in [2.05, 4.69) is 21.2 Å². The first kappa shape index (κ1) is 17.1. The average Bonchev–Trinajstić information content (AvgIpc) is 2.75. The average molecular weight is 412 g/mol. The smallest absolute Gasteiger partial charge is 0.341 e. The molecule has 0 unspecified atom stereocenters. The monoisotopic (exact) mass is 411 g/mol. The molecule has 1 aromatic carbocycles. The van der Waals surface area contributed by atoms with Gasteiger partial charge in [0.15, 0.2) is 8.79 Å². The number of alkyl halides is 3. The fourth-order valence-electron chi connectivity index (χ4n) is 1.67. The van der Waals surface area contributed by atoms with E-state index < -0.39 is 33.0 Å². The van der Waals surface area contributed by atoms with Gasteiger partial charge in [-0.1, -0.05) is 11.3 Å². The largest absolute Gasteiger partial charge is 0.416 e. The summed E-state index contributed by atoms with van der Waals surface area (Å²) >= 11 is 3.57. The maximum Gasteiger partial charge on any atom is 0.416 e. The summed E-state index contributed by atoms with van der Waals surface area (Å²) in [6, 6.07) is 3.74. The van der Waals surface area contributed by atoms with E-state index in [1.54, 1.807) is 0 Å². The van der Waals surface area contributed by atoms with Crippen molar-refractivity contribution in [2.75, 3.05) is 5.32 Å². The van der Waals surface area contributed by atoms with Gasteiger partial charge in [-0.05, 0) is 40.2 Å². The highest BCUT2D eigenvalue weighted by Crippen LogP contribution is 2.49. The van der Waals surface area contributed by atoms with Gasteiger partial charge < -0.3 is 5.32 Å². The van der Waals surface area contributed by atoms with Crippen molar-refractivity contribution < 1.29 is 23.0 Å². The lowest BCUT2D eigenvalue weighted by Gasteiger charge is -2.08. The molecule has 12 heteroatoms. The summed E-state index contributed by atoms with van der Waals surface area (Å²) in [5, 5.41) is 24.3. The van der Waals surface area contributed by atoms with E-state index in [0.29, 0.717) is 11.3 Å². The summed E-state index contributed by atoms with van der Waals surface area (Å²) in [5.41, 5.74) is -2.22. The van der Waals surface area contributed by atoms with Crippen LogP contribution in [-0.2, 0) is 6.18 Å². The lowest BCUT2D eigenvalue weighted by molar-refractivity contribution is -0.421. The first-order chi connectivity index (χ1) is 10.6. The summed E-state index contributed by atoms with van der Waals surface area (Å²) in [6.07, 6.45) is -4.50. The van der Waals surface area contributed by atoms with Crippen LogP contribution in [-0.4, -0.2) is 9.85 Å². The molecule has 23 heavy (non-hydrogen) atoms. The Morgan fingerprint density at radius 1 is 1.04 bits per heavy atom. The molecule has 1 N–H and O–H groups in total. The number of nitrogens with one attached hydrogen (secondary N) is 1. The first-order valence-corrected chi connectivity index (χ1v) is 7.27. The summed E-state index contributed by atoms with van der Waals surface area (Å²) in [5.74, 6) is 0. The van der Waals surface area contributed by atoms with Crippen LogP contribution in [0.25, 0.3) is 0 Å². The molecule has 0 amide bonds. The molecule has 1 heterocycles. The van der Waals surface area contributed by atoms with Crippen LogP contribution in [0, 0.1) is 20.2 Å². The third-order valence-corrected chi connectivity index (χ3v) is 4.39. The van der Waals surface area contributed by atoms with Crippen molar-refractivity contribution in [2.45, 2.75) is 6.18 Å². The summed E-state index contributed by atoms with van der Waals surface area (Å²) in [4.78, 5) is 20.1. The van der Waals surface area contributed by atoms with Gasteiger partial charge in [0.2, 0.25) is 0 Å². The number of nitro groups is 2. The van der Waals surface area contributed by atoms with Crippen molar-refractivity contribution in [1.82, 2.24) is 0 Å². The number of hydrogen-bond donors (Lipinski definition) is 1. The highest BCUT2D eigenvalue weighted by atomic mass is 79.9. The minimum Gasteiger partial charge on any atom is -0.341 e. The Morgan fingerprint density at radius 3 is 2.00 bits per heavy atom. The number of rotatable bonds is 4. The molecule has 122 valence electrons.